The Morgan fingerprint density at radius 3 is 2.79 bits per heavy atom. The van der Waals surface area contributed by atoms with Crippen LogP contribution in [0.5, 0.6) is 5.75 Å². The number of methoxy groups -OCH3 is 1. The number of rotatable bonds is 4. The molecule has 0 fully saturated rings. The van der Waals surface area contributed by atoms with E-state index in [4.69, 9.17) is 14.0 Å². The summed E-state index contributed by atoms with van der Waals surface area (Å²) in [7, 11) is 1.66. The number of imidazole rings is 1. The van der Waals surface area contributed by atoms with Gasteiger partial charge in [0.05, 0.1) is 32.3 Å². The van der Waals surface area contributed by atoms with E-state index in [0.29, 0.717) is 30.6 Å². The zero-order valence-electron chi connectivity index (χ0n) is 16.2. The number of aromatic nitrogens is 4. The van der Waals surface area contributed by atoms with Crippen molar-refractivity contribution >= 4 is 0 Å². The Labute approximate surface area is 167 Å². The molecule has 5 rings (SSSR count). The van der Waals surface area contributed by atoms with E-state index in [-0.39, 0.29) is 6.10 Å². The van der Waals surface area contributed by atoms with Crippen molar-refractivity contribution in [3.63, 3.8) is 0 Å². The van der Waals surface area contributed by atoms with Crippen LogP contribution in [-0.4, -0.2) is 26.8 Å². The summed E-state index contributed by atoms with van der Waals surface area (Å²) in [6.07, 6.45) is 1.77. The first-order valence-electron chi connectivity index (χ1n) is 9.42. The summed E-state index contributed by atoms with van der Waals surface area (Å²) in [5.41, 5.74) is 4.78. The fourth-order valence-electron chi connectivity index (χ4n) is 3.55. The molecule has 4 aromatic rings. The minimum absolute atomic E-state index is 0.0407. The van der Waals surface area contributed by atoms with Crippen LogP contribution in [0.4, 0.5) is 0 Å². The van der Waals surface area contributed by atoms with Gasteiger partial charge >= 0.3 is 0 Å². The Hall–Kier alpha value is -3.45. The van der Waals surface area contributed by atoms with Crippen molar-refractivity contribution in [3.05, 3.63) is 71.7 Å². The van der Waals surface area contributed by atoms with E-state index in [2.05, 4.69) is 19.7 Å². The van der Waals surface area contributed by atoms with E-state index in [0.717, 1.165) is 28.1 Å². The molecule has 2 aromatic heterocycles. The maximum Gasteiger partial charge on any atom is 0.278 e. The Morgan fingerprint density at radius 2 is 2.00 bits per heavy atom. The maximum absolute atomic E-state index is 6.10. The first-order chi connectivity index (χ1) is 14.2. The van der Waals surface area contributed by atoms with E-state index in [9.17, 15) is 0 Å². The highest BCUT2D eigenvalue weighted by atomic mass is 16.5. The molecule has 0 amide bonds. The number of benzene rings is 2. The van der Waals surface area contributed by atoms with E-state index in [1.54, 1.807) is 13.4 Å². The smallest absolute Gasteiger partial charge is 0.278 e. The van der Waals surface area contributed by atoms with Gasteiger partial charge in [-0.15, -0.1) is 0 Å². The van der Waals surface area contributed by atoms with Gasteiger partial charge in [0.2, 0.25) is 5.82 Å². The number of fused-ring (bicyclic) bond motifs is 1. The van der Waals surface area contributed by atoms with Crippen LogP contribution in [-0.2, 0) is 17.9 Å². The average Bonchev–Trinajstić information content (AvgIpc) is 3.40. The maximum atomic E-state index is 6.10. The van der Waals surface area contributed by atoms with E-state index in [1.165, 1.54) is 0 Å². The van der Waals surface area contributed by atoms with Gasteiger partial charge in [-0.05, 0) is 30.7 Å². The van der Waals surface area contributed by atoms with Gasteiger partial charge in [0.25, 0.3) is 5.89 Å². The second kappa shape index (κ2) is 7.18. The molecule has 7 heteroatoms. The zero-order valence-corrected chi connectivity index (χ0v) is 16.2. The van der Waals surface area contributed by atoms with Crippen LogP contribution in [0.3, 0.4) is 0 Å². The van der Waals surface area contributed by atoms with E-state index < -0.39 is 0 Å². The molecule has 0 saturated carbocycles. The summed E-state index contributed by atoms with van der Waals surface area (Å²) in [4.78, 5) is 9.06. The molecule has 0 N–H and O–H groups in total. The monoisotopic (exact) mass is 388 g/mol. The molecule has 2 aromatic carbocycles. The second-order valence-electron chi connectivity index (χ2n) is 7.06. The average molecular weight is 388 g/mol. The highest BCUT2D eigenvalue weighted by molar-refractivity contribution is 5.59. The van der Waals surface area contributed by atoms with Crippen molar-refractivity contribution in [2.24, 2.45) is 0 Å². The van der Waals surface area contributed by atoms with Crippen LogP contribution in [0.2, 0.25) is 0 Å². The van der Waals surface area contributed by atoms with Gasteiger partial charge in [-0.2, -0.15) is 4.98 Å². The molecule has 0 bridgehead atoms. The van der Waals surface area contributed by atoms with Crippen LogP contribution < -0.4 is 4.74 Å². The Bertz CT molecular complexity index is 1150. The number of ether oxygens (including phenoxy) is 2. The van der Waals surface area contributed by atoms with Crippen molar-refractivity contribution < 1.29 is 14.0 Å². The van der Waals surface area contributed by atoms with Crippen LogP contribution in [0.15, 0.2) is 59.4 Å². The molecular formula is C22H20N4O3. The van der Waals surface area contributed by atoms with Crippen LogP contribution in [0.1, 0.15) is 22.9 Å². The summed E-state index contributed by atoms with van der Waals surface area (Å²) in [5, 5.41) is 4.12. The first-order valence-corrected chi connectivity index (χ1v) is 9.42. The summed E-state index contributed by atoms with van der Waals surface area (Å²) >= 11 is 0. The van der Waals surface area contributed by atoms with Crippen molar-refractivity contribution in [1.29, 1.82) is 0 Å². The number of nitrogens with zero attached hydrogens (tertiary/aromatic N) is 4. The van der Waals surface area contributed by atoms with Crippen molar-refractivity contribution in [2.45, 2.75) is 26.2 Å². The SMILES string of the molecule is COc1ccc([C@H]2Cn3cnc(-c4nc(-c5cccc(C)c5)no4)c3CO2)cc1. The number of hydrogen-bond acceptors (Lipinski definition) is 6. The summed E-state index contributed by atoms with van der Waals surface area (Å²) in [5.74, 6) is 1.79. The lowest BCUT2D eigenvalue weighted by molar-refractivity contribution is 0.00328. The summed E-state index contributed by atoms with van der Waals surface area (Å²) in [6.45, 7) is 3.13. The van der Waals surface area contributed by atoms with Gasteiger partial charge in [-0.1, -0.05) is 41.1 Å². The highest BCUT2D eigenvalue weighted by Crippen LogP contribution is 2.32. The highest BCUT2D eigenvalue weighted by Gasteiger charge is 2.26. The largest absolute Gasteiger partial charge is 0.497 e. The van der Waals surface area contributed by atoms with Crippen LogP contribution in [0, 0.1) is 6.92 Å². The molecule has 0 aliphatic carbocycles. The third-order valence-electron chi connectivity index (χ3n) is 5.12. The fraction of sp³-hybridized carbons (Fsp3) is 0.227. The lowest BCUT2D eigenvalue weighted by atomic mass is 10.1. The van der Waals surface area contributed by atoms with Crippen LogP contribution in [0.25, 0.3) is 23.0 Å². The molecule has 0 unspecified atom stereocenters. The Kier molecular flexibility index (Phi) is 4.37. The molecule has 0 radical (unpaired) electrons. The van der Waals surface area contributed by atoms with Gasteiger partial charge in [0, 0.05) is 5.56 Å². The predicted molar refractivity (Wildman–Crippen MR) is 106 cm³/mol. The Balaban J connectivity index is 1.39. The van der Waals surface area contributed by atoms with Gasteiger partial charge in [-0.3, -0.25) is 0 Å². The molecule has 1 aliphatic heterocycles. The third-order valence-corrected chi connectivity index (χ3v) is 5.12. The normalized spacial score (nSPS) is 15.9. The Morgan fingerprint density at radius 1 is 1.14 bits per heavy atom. The summed E-state index contributed by atoms with van der Waals surface area (Å²) in [6, 6.07) is 15.9. The number of hydrogen-bond donors (Lipinski definition) is 0. The molecule has 1 atom stereocenters. The third kappa shape index (κ3) is 3.30. The van der Waals surface area contributed by atoms with Gasteiger partial charge < -0.3 is 18.6 Å². The van der Waals surface area contributed by atoms with E-state index in [1.807, 2.05) is 55.5 Å². The lowest BCUT2D eigenvalue weighted by Crippen LogP contribution is -2.20. The predicted octanol–water partition coefficient (Wildman–Crippen LogP) is 4.19. The molecule has 3 heterocycles. The molecule has 7 nitrogen and oxygen atoms in total. The van der Waals surface area contributed by atoms with Gasteiger partial charge in [-0.25, -0.2) is 4.98 Å². The second-order valence-corrected chi connectivity index (χ2v) is 7.06. The topological polar surface area (TPSA) is 75.2 Å². The molecule has 146 valence electrons. The minimum atomic E-state index is -0.0407. The minimum Gasteiger partial charge on any atom is -0.497 e. The molecule has 29 heavy (non-hydrogen) atoms. The fourth-order valence-corrected chi connectivity index (χ4v) is 3.55. The van der Waals surface area contributed by atoms with E-state index >= 15 is 0 Å². The van der Waals surface area contributed by atoms with Crippen molar-refractivity contribution in [2.75, 3.05) is 7.11 Å². The van der Waals surface area contributed by atoms with Crippen LogP contribution >= 0.6 is 0 Å². The summed E-state index contributed by atoms with van der Waals surface area (Å²) < 4.78 is 18.9. The van der Waals surface area contributed by atoms with Crippen molar-refractivity contribution in [3.8, 4) is 28.7 Å². The molecule has 1 aliphatic rings. The quantitative estimate of drug-likeness (QED) is 0.522. The first kappa shape index (κ1) is 17.6. The number of aryl methyl sites for hydroxylation is 1. The lowest BCUT2D eigenvalue weighted by Gasteiger charge is -2.25. The zero-order chi connectivity index (χ0) is 19.8. The molecule has 0 saturated heterocycles. The standard InChI is InChI=1S/C22H20N4O3/c1-14-4-3-5-16(10-14)21-24-22(29-25-21)20-18-12-28-19(11-26(18)13-23-20)15-6-8-17(27-2)9-7-15/h3-10,13,19H,11-12H2,1-2H3/t19-/m1/s1. The molecular weight excluding hydrogens is 368 g/mol. The van der Waals surface area contributed by atoms with Gasteiger partial charge in [0.1, 0.15) is 11.9 Å². The van der Waals surface area contributed by atoms with Gasteiger partial charge in [0.15, 0.2) is 5.69 Å². The van der Waals surface area contributed by atoms with Crippen molar-refractivity contribution in [1.82, 2.24) is 19.7 Å². The molecule has 0 spiro atoms.